The zero-order valence-corrected chi connectivity index (χ0v) is 9.52. The van der Waals surface area contributed by atoms with Crippen molar-refractivity contribution in [3.05, 3.63) is 0 Å². The van der Waals surface area contributed by atoms with E-state index >= 15 is 0 Å². The lowest BCUT2D eigenvalue weighted by Gasteiger charge is -2.16. The van der Waals surface area contributed by atoms with E-state index in [2.05, 4.69) is 0 Å². The molecule has 1 fully saturated rings. The van der Waals surface area contributed by atoms with Gasteiger partial charge < -0.3 is 5.11 Å². The number of aliphatic hydroxyl groups is 1. The molecule has 1 saturated heterocycles. The van der Waals surface area contributed by atoms with E-state index in [-0.39, 0.29) is 24.3 Å². The van der Waals surface area contributed by atoms with Crippen molar-refractivity contribution in [3.8, 4) is 0 Å². The second kappa shape index (κ2) is 4.91. The molecule has 1 heterocycles. The molecule has 7 heteroatoms. The van der Waals surface area contributed by atoms with Crippen LogP contribution in [0.1, 0.15) is 25.7 Å². The summed E-state index contributed by atoms with van der Waals surface area (Å²) in [5, 5.41) is 9.55. The Morgan fingerprint density at radius 3 is 2.44 bits per heavy atom. The van der Waals surface area contributed by atoms with Crippen molar-refractivity contribution in [2.45, 2.75) is 38.0 Å². The monoisotopic (exact) mass is 260 g/mol. The number of sulfone groups is 1. The minimum absolute atomic E-state index is 0.0136. The lowest BCUT2D eigenvalue weighted by molar-refractivity contribution is -0.136. The van der Waals surface area contributed by atoms with E-state index in [0.717, 1.165) is 0 Å². The number of hydrogen-bond donors (Lipinski definition) is 1. The number of hydrogen-bond acceptors (Lipinski definition) is 3. The normalized spacial score (nSPS) is 26.9. The number of rotatable bonds is 4. The van der Waals surface area contributed by atoms with Gasteiger partial charge in [-0.2, -0.15) is 13.2 Å². The molecule has 1 aliphatic rings. The van der Waals surface area contributed by atoms with Gasteiger partial charge in [0.05, 0.1) is 17.6 Å². The average molecular weight is 260 g/mol. The third-order valence-corrected chi connectivity index (χ3v) is 4.57. The van der Waals surface area contributed by atoms with E-state index in [9.17, 15) is 26.7 Å². The molecule has 2 atom stereocenters. The highest BCUT2D eigenvalue weighted by Crippen LogP contribution is 2.27. The molecule has 16 heavy (non-hydrogen) atoms. The quantitative estimate of drug-likeness (QED) is 0.833. The van der Waals surface area contributed by atoms with E-state index in [1.165, 1.54) is 0 Å². The van der Waals surface area contributed by atoms with Crippen LogP contribution in [0.3, 0.4) is 0 Å². The fourth-order valence-electron chi connectivity index (χ4n) is 1.87. The van der Waals surface area contributed by atoms with Gasteiger partial charge in [-0.05, 0) is 25.2 Å². The van der Waals surface area contributed by atoms with Crippen molar-refractivity contribution in [2.75, 3.05) is 11.5 Å². The van der Waals surface area contributed by atoms with Crippen LogP contribution in [0.4, 0.5) is 13.2 Å². The van der Waals surface area contributed by atoms with Gasteiger partial charge in [0.1, 0.15) is 0 Å². The molecule has 2 unspecified atom stereocenters. The van der Waals surface area contributed by atoms with E-state index in [1.54, 1.807) is 0 Å². The Kier molecular flexibility index (Phi) is 4.23. The molecule has 0 aromatic heterocycles. The second-order valence-corrected chi connectivity index (χ2v) is 6.47. The van der Waals surface area contributed by atoms with Crippen molar-refractivity contribution in [1.29, 1.82) is 0 Å². The van der Waals surface area contributed by atoms with Crippen LogP contribution < -0.4 is 0 Å². The smallest absolute Gasteiger partial charge is 0.389 e. The first-order valence-electron chi connectivity index (χ1n) is 5.15. The maximum Gasteiger partial charge on any atom is 0.389 e. The first kappa shape index (κ1) is 13.8. The van der Waals surface area contributed by atoms with E-state index in [4.69, 9.17) is 0 Å². The SMILES string of the molecule is O=S1(=O)CCC(C(O)CCCC(F)(F)F)C1. The fraction of sp³-hybridized carbons (Fsp3) is 1.00. The largest absolute Gasteiger partial charge is 0.393 e. The first-order valence-corrected chi connectivity index (χ1v) is 6.97. The molecule has 96 valence electrons. The third kappa shape index (κ3) is 4.69. The highest BCUT2D eigenvalue weighted by atomic mass is 32.2. The summed E-state index contributed by atoms with van der Waals surface area (Å²) in [5.74, 6) is -0.452. The van der Waals surface area contributed by atoms with Crippen molar-refractivity contribution < 1.29 is 26.7 Å². The Hall–Kier alpha value is -0.300. The molecule has 0 bridgehead atoms. The van der Waals surface area contributed by atoms with Crippen LogP contribution >= 0.6 is 0 Å². The Labute approximate surface area is 92.6 Å². The predicted molar refractivity (Wildman–Crippen MR) is 52.7 cm³/mol. The number of alkyl halides is 3. The van der Waals surface area contributed by atoms with Crippen molar-refractivity contribution in [3.63, 3.8) is 0 Å². The molecular formula is C9H15F3O3S. The molecule has 0 aromatic carbocycles. The second-order valence-electron chi connectivity index (χ2n) is 4.24. The van der Waals surface area contributed by atoms with Gasteiger partial charge in [0.25, 0.3) is 0 Å². The van der Waals surface area contributed by atoms with Crippen LogP contribution in [-0.2, 0) is 9.84 Å². The molecule has 0 amide bonds. The maximum absolute atomic E-state index is 11.8. The molecule has 1 N–H and O–H groups in total. The minimum Gasteiger partial charge on any atom is -0.393 e. The molecule has 0 spiro atoms. The van der Waals surface area contributed by atoms with E-state index < -0.39 is 34.5 Å². The summed E-state index contributed by atoms with van der Waals surface area (Å²) in [4.78, 5) is 0. The zero-order chi connectivity index (χ0) is 12.4. The Morgan fingerprint density at radius 1 is 1.38 bits per heavy atom. The molecule has 1 rings (SSSR count). The zero-order valence-electron chi connectivity index (χ0n) is 8.70. The molecule has 0 saturated carbocycles. The van der Waals surface area contributed by atoms with Crippen LogP contribution in [0.2, 0.25) is 0 Å². The minimum atomic E-state index is -4.21. The summed E-state index contributed by atoms with van der Waals surface area (Å²) in [6.45, 7) is 0. The fourth-order valence-corrected chi connectivity index (χ4v) is 3.74. The lowest BCUT2D eigenvalue weighted by Crippen LogP contribution is -2.22. The molecule has 0 radical (unpaired) electrons. The number of aliphatic hydroxyl groups excluding tert-OH is 1. The van der Waals surface area contributed by atoms with Gasteiger partial charge >= 0.3 is 6.18 Å². The Morgan fingerprint density at radius 2 is 2.00 bits per heavy atom. The maximum atomic E-state index is 11.8. The first-order chi connectivity index (χ1) is 7.20. The summed E-state index contributed by atoms with van der Waals surface area (Å²) < 4.78 is 57.7. The van der Waals surface area contributed by atoms with Gasteiger partial charge in [-0.3, -0.25) is 0 Å². The van der Waals surface area contributed by atoms with Crippen LogP contribution in [0.5, 0.6) is 0 Å². The van der Waals surface area contributed by atoms with Gasteiger partial charge in [-0.25, -0.2) is 8.42 Å². The van der Waals surface area contributed by atoms with E-state index in [0.29, 0.717) is 6.42 Å². The predicted octanol–water partition coefficient (Wildman–Crippen LogP) is 1.51. The van der Waals surface area contributed by atoms with Crippen molar-refractivity contribution in [2.24, 2.45) is 5.92 Å². The van der Waals surface area contributed by atoms with Gasteiger partial charge in [0.2, 0.25) is 0 Å². The number of halogens is 3. The van der Waals surface area contributed by atoms with Crippen LogP contribution in [-0.4, -0.2) is 37.3 Å². The molecule has 1 aliphatic heterocycles. The molecule has 3 nitrogen and oxygen atoms in total. The Balaban J connectivity index is 2.29. The summed E-state index contributed by atoms with van der Waals surface area (Å²) in [7, 11) is -3.08. The molecule has 0 aliphatic carbocycles. The highest BCUT2D eigenvalue weighted by Gasteiger charge is 2.33. The van der Waals surface area contributed by atoms with Crippen LogP contribution in [0.25, 0.3) is 0 Å². The van der Waals surface area contributed by atoms with E-state index in [1.807, 2.05) is 0 Å². The van der Waals surface area contributed by atoms with Crippen molar-refractivity contribution >= 4 is 9.84 Å². The van der Waals surface area contributed by atoms with Gasteiger partial charge in [-0.1, -0.05) is 0 Å². The third-order valence-electron chi connectivity index (χ3n) is 2.77. The summed E-state index contributed by atoms with van der Waals surface area (Å²) in [6.07, 6.45) is -5.85. The molecule has 0 aromatic rings. The topological polar surface area (TPSA) is 54.4 Å². The van der Waals surface area contributed by atoms with Crippen LogP contribution in [0, 0.1) is 5.92 Å². The van der Waals surface area contributed by atoms with Gasteiger partial charge in [-0.15, -0.1) is 0 Å². The molecular weight excluding hydrogens is 245 g/mol. The highest BCUT2D eigenvalue weighted by molar-refractivity contribution is 7.91. The van der Waals surface area contributed by atoms with Gasteiger partial charge in [0.15, 0.2) is 9.84 Å². The summed E-state index contributed by atoms with van der Waals surface area (Å²) in [6, 6.07) is 0. The summed E-state index contributed by atoms with van der Waals surface area (Å²) >= 11 is 0. The average Bonchev–Trinajstić information content (AvgIpc) is 2.43. The Bertz CT molecular complexity index is 323. The lowest BCUT2D eigenvalue weighted by atomic mass is 9.97. The standard InChI is InChI=1S/C9H15F3O3S/c10-9(11,12)4-1-2-8(13)7-3-5-16(14,15)6-7/h7-8,13H,1-6H2. The van der Waals surface area contributed by atoms with Crippen LogP contribution in [0.15, 0.2) is 0 Å². The summed E-state index contributed by atoms with van der Waals surface area (Å²) in [5.41, 5.74) is 0. The van der Waals surface area contributed by atoms with Gasteiger partial charge in [0, 0.05) is 6.42 Å². The van der Waals surface area contributed by atoms with Crippen molar-refractivity contribution in [1.82, 2.24) is 0 Å².